The maximum atomic E-state index is 13.3. The number of hydrogen-bond donors (Lipinski definition) is 1. The minimum atomic E-state index is -0.709. The predicted octanol–water partition coefficient (Wildman–Crippen LogP) is 2.36. The number of ether oxygens (including phenoxy) is 1. The molecule has 4 heteroatoms. The molecule has 0 radical (unpaired) electrons. The van der Waals surface area contributed by atoms with Crippen molar-refractivity contribution in [1.29, 1.82) is 0 Å². The Labute approximate surface area is 88.0 Å². The zero-order chi connectivity index (χ0) is 11.3. The van der Waals surface area contributed by atoms with E-state index in [4.69, 9.17) is 10.5 Å². The van der Waals surface area contributed by atoms with E-state index in [1.165, 1.54) is 18.2 Å². The van der Waals surface area contributed by atoms with Gasteiger partial charge in [-0.1, -0.05) is 19.4 Å². The number of nitrogens with two attached hydrogens (primary N) is 1. The van der Waals surface area contributed by atoms with Crippen LogP contribution in [0.1, 0.15) is 30.1 Å². The van der Waals surface area contributed by atoms with Crippen LogP contribution in [0.5, 0.6) is 0 Å². The zero-order valence-electron chi connectivity index (χ0n) is 8.63. The topological polar surface area (TPSA) is 52.3 Å². The van der Waals surface area contributed by atoms with Crippen molar-refractivity contribution in [2.24, 2.45) is 0 Å². The molecule has 0 aliphatic rings. The van der Waals surface area contributed by atoms with E-state index in [0.29, 0.717) is 6.61 Å². The molecular formula is C11H14FNO2. The van der Waals surface area contributed by atoms with Crippen molar-refractivity contribution in [3.8, 4) is 0 Å². The highest BCUT2D eigenvalue weighted by atomic mass is 19.1. The molecule has 0 amide bonds. The lowest BCUT2D eigenvalue weighted by Crippen LogP contribution is -2.09. The number of halogens is 1. The third-order valence-corrected chi connectivity index (χ3v) is 1.98. The summed E-state index contributed by atoms with van der Waals surface area (Å²) in [6.07, 6.45) is 1.70. The van der Waals surface area contributed by atoms with Crippen molar-refractivity contribution in [3.05, 3.63) is 29.6 Å². The molecule has 1 aromatic rings. The fourth-order valence-electron chi connectivity index (χ4n) is 1.09. The minimum Gasteiger partial charge on any atom is -0.462 e. The van der Waals surface area contributed by atoms with Crippen LogP contribution in [0.2, 0.25) is 0 Å². The molecule has 1 aromatic carbocycles. The smallest absolute Gasteiger partial charge is 0.341 e. The molecule has 0 atom stereocenters. The Morgan fingerprint density at radius 1 is 1.53 bits per heavy atom. The van der Waals surface area contributed by atoms with Gasteiger partial charge < -0.3 is 10.5 Å². The second-order valence-corrected chi connectivity index (χ2v) is 3.20. The first-order valence-corrected chi connectivity index (χ1v) is 4.88. The van der Waals surface area contributed by atoms with Crippen LogP contribution in [-0.4, -0.2) is 12.6 Å². The summed E-state index contributed by atoms with van der Waals surface area (Å²) in [5, 5.41) is 0. The fourth-order valence-corrected chi connectivity index (χ4v) is 1.09. The molecule has 0 saturated heterocycles. The number of rotatable bonds is 4. The number of esters is 1. The molecule has 0 unspecified atom stereocenters. The average Bonchev–Trinajstić information content (AvgIpc) is 2.22. The van der Waals surface area contributed by atoms with Gasteiger partial charge in [-0.15, -0.1) is 0 Å². The number of benzene rings is 1. The van der Waals surface area contributed by atoms with Gasteiger partial charge in [0, 0.05) is 0 Å². The molecule has 1 rings (SSSR count). The molecule has 0 saturated carbocycles. The van der Waals surface area contributed by atoms with Gasteiger partial charge in [-0.05, 0) is 18.6 Å². The van der Waals surface area contributed by atoms with E-state index in [-0.39, 0.29) is 11.3 Å². The molecule has 0 spiro atoms. The molecular weight excluding hydrogens is 197 g/mol. The summed E-state index contributed by atoms with van der Waals surface area (Å²) in [5.41, 5.74) is 5.18. The first-order chi connectivity index (χ1) is 7.16. The summed E-state index contributed by atoms with van der Waals surface area (Å²) in [5.74, 6) is -1.37. The van der Waals surface area contributed by atoms with Crippen molar-refractivity contribution in [2.75, 3.05) is 12.3 Å². The Morgan fingerprint density at radius 3 is 2.93 bits per heavy atom. The van der Waals surface area contributed by atoms with E-state index in [1.54, 1.807) is 0 Å². The van der Waals surface area contributed by atoms with E-state index in [9.17, 15) is 9.18 Å². The summed E-state index contributed by atoms with van der Waals surface area (Å²) in [7, 11) is 0. The molecule has 15 heavy (non-hydrogen) atoms. The summed E-state index contributed by atoms with van der Waals surface area (Å²) >= 11 is 0. The van der Waals surface area contributed by atoms with Crippen molar-refractivity contribution in [1.82, 2.24) is 0 Å². The lowest BCUT2D eigenvalue weighted by atomic mass is 10.2. The van der Waals surface area contributed by atoms with Crippen LogP contribution >= 0.6 is 0 Å². The number of carbonyl (C=O) groups excluding carboxylic acids is 1. The van der Waals surface area contributed by atoms with Crippen molar-refractivity contribution in [3.63, 3.8) is 0 Å². The average molecular weight is 211 g/mol. The van der Waals surface area contributed by atoms with Gasteiger partial charge in [0.25, 0.3) is 0 Å². The summed E-state index contributed by atoms with van der Waals surface area (Å²) < 4.78 is 18.2. The molecule has 0 fully saturated rings. The predicted molar refractivity (Wildman–Crippen MR) is 56.0 cm³/mol. The molecule has 2 N–H and O–H groups in total. The van der Waals surface area contributed by atoms with Crippen LogP contribution in [0, 0.1) is 5.82 Å². The fraction of sp³-hybridized carbons (Fsp3) is 0.364. The molecule has 3 nitrogen and oxygen atoms in total. The maximum absolute atomic E-state index is 13.3. The highest BCUT2D eigenvalue weighted by Gasteiger charge is 2.14. The molecule has 0 aliphatic heterocycles. The second-order valence-electron chi connectivity index (χ2n) is 3.20. The lowest BCUT2D eigenvalue weighted by Gasteiger charge is -2.05. The maximum Gasteiger partial charge on any atom is 0.341 e. The second kappa shape index (κ2) is 5.34. The van der Waals surface area contributed by atoms with Crippen molar-refractivity contribution in [2.45, 2.75) is 19.8 Å². The number of anilines is 1. The van der Waals surface area contributed by atoms with E-state index in [0.717, 1.165) is 12.8 Å². The summed E-state index contributed by atoms with van der Waals surface area (Å²) in [4.78, 5) is 11.4. The number of hydrogen-bond acceptors (Lipinski definition) is 3. The first-order valence-electron chi connectivity index (χ1n) is 4.88. The molecule has 0 aromatic heterocycles. The van der Waals surface area contributed by atoms with E-state index < -0.39 is 11.8 Å². The van der Waals surface area contributed by atoms with Gasteiger partial charge in [0.15, 0.2) is 5.82 Å². The van der Waals surface area contributed by atoms with Crippen LogP contribution in [-0.2, 0) is 4.74 Å². The monoisotopic (exact) mass is 211 g/mol. The highest BCUT2D eigenvalue weighted by molar-refractivity contribution is 5.90. The van der Waals surface area contributed by atoms with Gasteiger partial charge in [0.1, 0.15) is 0 Å². The van der Waals surface area contributed by atoms with Crippen LogP contribution in [0.4, 0.5) is 10.1 Å². The number of nitrogen functional groups attached to an aromatic ring is 1. The molecule has 0 aliphatic carbocycles. The quantitative estimate of drug-likeness (QED) is 0.472. The number of unbranched alkanes of at least 4 members (excludes halogenated alkanes) is 1. The Balaban J connectivity index is 2.69. The van der Waals surface area contributed by atoms with Gasteiger partial charge in [-0.2, -0.15) is 0 Å². The number of carbonyl (C=O) groups is 1. The van der Waals surface area contributed by atoms with E-state index in [2.05, 4.69) is 0 Å². The van der Waals surface area contributed by atoms with Gasteiger partial charge in [-0.25, -0.2) is 9.18 Å². The Morgan fingerprint density at radius 2 is 2.27 bits per heavy atom. The summed E-state index contributed by atoms with van der Waals surface area (Å²) in [6, 6.07) is 4.28. The van der Waals surface area contributed by atoms with Crippen LogP contribution < -0.4 is 5.73 Å². The minimum absolute atomic E-state index is 0.0417. The van der Waals surface area contributed by atoms with Gasteiger partial charge in [0.05, 0.1) is 17.9 Å². The third kappa shape index (κ3) is 2.94. The Bertz CT molecular complexity index is 352. The van der Waals surface area contributed by atoms with E-state index in [1.807, 2.05) is 6.92 Å². The normalized spacial score (nSPS) is 10.0. The first kappa shape index (κ1) is 11.5. The SMILES string of the molecule is CCCCOC(=O)c1cccc(N)c1F. The van der Waals surface area contributed by atoms with Crippen LogP contribution in [0.25, 0.3) is 0 Å². The van der Waals surface area contributed by atoms with E-state index >= 15 is 0 Å². The summed E-state index contributed by atoms with van der Waals surface area (Å²) in [6.45, 7) is 2.29. The Kier molecular flexibility index (Phi) is 4.09. The molecule has 0 heterocycles. The van der Waals surface area contributed by atoms with Crippen molar-refractivity contribution < 1.29 is 13.9 Å². The zero-order valence-corrected chi connectivity index (χ0v) is 8.63. The lowest BCUT2D eigenvalue weighted by molar-refractivity contribution is 0.0494. The van der Waals surface area contributed by atoms with Gasteiger partial charge >= 0.3 is 5.97 Å². The standard InChI is InChI=1S/C11H14FNO2/c1-2-3-7-15-11(14)8-5-4-6-9(13)10(8)12/h4-6H,2-3,7,13H2,1H3. The van der Waals surface area contributed by atoms with Crippen molar-refractivity contribution >= 4 is 11.7 Å². The third-order valence-electron chi connectivity index (χ3n) is 1.98. The van der Waals surface area contributed by atoms with Gasteiger partial charge in [-0.3, -0.25) is 0 Å². The largest absolute Gasteiger partial charge is 0.462 e. The van der Waals surface area contributed by atoms with Crippen LogP contribution in [0.15, 0.2) is 18.2 Å². The highest BCUT2D eigenvalue weighted by Crippen LogP contribution is 2.15. The van der Waals surface area contributed by atoms with Gasteiger partial charge in [0.2, 0.25) is 0 Å². The van der Waals surface area contributed by atoms with Crippen LogP contribution in [0.3, 0.4) is 0 Å². The molecule has 82 valence electrons. The Hall–Kier alpha value is -1.58. The molecule has 0 bridgehead atoms.